The van der Waals surface area contributed by atoms with Crippen molar-refractivity contribution in [1.82, 2.24) is 10.4 Å². The molecule has 1 aromatic carbocycles. The average Bonchev–Trinajstić information content (AvgIpc) is 2.39. The average molecular weight is 254 g/mol. The number of morpholine rings is 1. The summed E-state index contributed by atoms with van der Waals surface area (Å²) in [7, 11) is 1.56. The van der Waals surface area contributed by atoms with Crippen LogP contribution >= 0.6 is 0 Å². The SMILES string of the molecule is COc1cccc(F)c1C(C)NN1CCOCC1. The lowest BCUT2D eigenvalue weighted by Gasteiger charge is -2.31. The van der Waals surface area contributed by atoms with Gasteiger partial charge in [0.25, 0.3) is 0 Å². The molecule has 1 atom stereocenters. The Morgan fingerprint density at radius 2 is 2.11 bits per heavy atom. The predicted molar refractivity (Wildman–Crippen MR) is 66.9 cm³/mol. The molecule has 0 radical (unpaired) electrons. The molecule has 4 nitrogen and oxygen atoms in total. The van der Waals surface area contributed by atoms with Crippen molar-refractivity contribution < 1.29 is 13.9 Å². The van der Waals surface area contributed by atoms with Crippen LogP contribution in [0, 0.1) is 5.82 Å². The third-order valence-corrected chi connectivity index (χ3v) is 3.05. The van der Waals surface area contributed by atoms with E-state index in [-0.39, 0.29) is 11.9 Å². The van der Waals surface area contributed by atoms with Gasteiger partial charge in [-0.15, -0.1) is 0 Å². The molecule has 1 fully saturated rings. The molecule has 1 aliphatic rings. The van der Waals surface area contributed by atoms with Crippen LogP contribution in [-0.4, -0.2) is 38.4 Å². The highest BCUT2D eigenvalue weighted by Crippen LogP contribution is 2.27. The normalized spacial score (nSPS) is 18.6. The maximum absolute atomic E-state index is 13.9. The fraction of sp³-hybridized carbons (Fsp3) is 0.538. The van der Waals surface area contributed by atoms with E-state index in [9.17, 15) is 4.39 Å². The number of hydrazine groups is 1. The number of nitrogens with one attached hydrogen (secondary N) is 1. The van der Waals surface area contributed by atoms with Gasteiger partial charge >= 0.3 is 0 Å². The number of methoxy groups -OCH3 is 1. The molecule has 0 bridgehead atoms. The molecule has 1 N–H and O–H groups in total. The van der Waals surface area contributed by atoms with Crippen molar-refractivity contribution in [3.8, 4) is 5.75 Å². The lowest BCUT2D eigenvalue weighted by Crippen LogP contribution is -2.46. The van der Waals surface area contributed by atoms with Crippen molar-refractivity contribution in [3.05, 3.63) is 29.6 Å². The van der Waals surface area contributed by atoms with Crippen LogP contribution in [0.25, 0.3) is 0 Å². The van der Waals surface area contributed by atoms with Gasteiger partial charge in [-0.2, -0.15) is 0 Å². The Bertz CT molecular complexity index is 395. The minimum Gasteiger partial charge on any atom is -0.496 e. The Morgan fingerprint density at radius 3 is 2.78 bits per heavy atom. The molecular formula is C13H19FN2O2. The summed E-state index contributed by atoms with van der Waals surface area (Å²) >= 11 is 0. The molecule has 0 spiro atoms. The van der Waals surface area contributed by atoms with Crippen molar-refractivity contribution in [2.45, 2.75) is 13.0 Å². The first-order valence-electron chi connectivity index (χ1n) is 6.13. The summed E-state index contributed by atoms with van der Waals surface area (Å²) < 4.78 is 24.4. The number of hydrogen-bond acceptors (Lipinski definition) is 4. The topological polar surface area (TPSA) is 33.7 Å². The molecule has 1 saturated heterocycles. The summed E-state index contributed by atoms with van der Waals surface area (Å²) in [4.78, 5) is 0. The van der Waals surface area contributed by atoms with E-state index in [2.05, 4.69) is 10.4 Å². The van der Waals surface area contributed by atoms with Gasteiger partial charge in [0.05, 0.1) is 26.4 Å². The maximum atomic E-state index is 13.9. The molecule has 0 amide bonds. The van der Waals surface area contributed by atoms with Crippen LogP contribution < -0.4 is 10.2 Å². The highest BCUT2D eigenvalue weighted by molar-refractivity contribution is 5.36. The third-order valence-electron chi connectivity index (χ3n) is 3.05. The lowest BCUT2D eigenvalue weighted by molar-refractivity contribution is 0.00443. The molecule has 2 rings (SSSR count). The van der Waals surface area contributed by atoms with Gasteiger partial charge in [0.2, 0.25) is 0 Å². The molecule has 1 aliphatic heterocycles. The van der Waals surface area contributed by atoms with E-state index in [0.717, 1.165) is 13.1 Å². The Kier molecular flexibility index (Phi) is 4.52. The number of rotatable bonds is 4. The minimum absolute atomic E-state index is 0.140. The zero-order chi connectivity index (χ0) is 13.0. The van der Waals surface area contributed by atoms with E-state index >= 15 is 0 Å². The Labute approximate surface area is 107 Å². The van der Waals surface area contributed by atoms with Crippen molar-refractivity contribution in [1.29, 1.82) is 0 Å². The van der Waals surface area contributed by atoms with Gasteiger partial charge in [-0.05, 0) is 19.1 Å². The second-order valence-corrected chi connectivity index (χ2v) is 4.31. The second kappa shape index (κ2) is 6.13. The molecule has 1 unspecified atom stereocenters. The van der Waals surface area contributed by atoms with Crippen LogP contribution in [0.1, 0.15) is 18.5 Å². The second-order valence-electron chi connectivity index (χ2n) is 4.31. The molecule has 5 heteroatoms. The van der Waals surface area contributed by atoms with E-state index in [1.807, 2.05) is 6.92 Å². The highest BCUT2D eigenvalue weighted by Gasteiger charge is 2.19. The molecule has 1 heterocycles. The molecule has 1 aromatic rings. The summed E-state index contributed by atoms with van der Waals surface area (Å²) in [5, 5.41) is 2.06. The predicted octanol–water partition coefficient (Wildman–Crippen LogP) is 1.73. The van der Waals surface area contributed by atoms with Gasteiger partial charge in [-0.3, -0.25) is 0 Å². The van der Waals surface area contributed by atoms with Crippen molar-refractivity contribution in [2.24, 2.45) is 0 Å². The summed E-state index contributed by atoms with van der Waals surface area (Å²) in [6, 6.07) is 4.74. The van der Waals surface area contributed by atoms with Gasteiger partial charge in [-0.1, -0.05) is 6.07 Å². The molecule has 0 aromatic heterocycles. The fourth-order valence-corrected chi connectivity index (χ4v) is 2.15. The zero-order valence-electron chi connectivity index (χ0n) is 10.8. The Balaban J connectivity index is 2.09. The third kappa shape index (κ3) is 2.98. The van der Waals surface area contributed by atoms with Crippen LogP contribution in [-0.2, 0) is 4.74 Å². The summed E-state index contributed by atoms with van der Waals surface area (Å²) in [5.41, 5.74) is 3.85. The molecule has 100 valence electrons. The largest absolute Gasteiger partial charge is 0.496 e. The fourth-order valence-electron chi connectivity index (χ4n) is 2.15. The maximum Gasteiger partial charge on any atom is 0.131 e. The molecule has 0 saturated carbocycles. The Hall–Kier alpha value is -1.17. The van der Waals surface area contributed by atoms with Crippen LogP contribution in [0.15, 0.2) is 18.2 Å². The summed E-state index contributed by atoms with van der Waals surface area (Å²) in [5.74, 6) is 0.325. The van der Waals surface area contributed by atoms with E-state index < -0.39 is 0 Å². The highest BCUT2D eigenvalue weighted by atomic mass is 19.1. The van der Waals surface area contributed by atoms with E-state index in [1.165, 1.54) is 6.07 Å². The van der Waals surface area contributed by atoms with Crippen LogP contribution in [0.2, 0.25) is 0 Å². The first kappa shape index (κ1) is 13.3. The number of benzene rings is 1. The monoisotopic (exact) mass is 254 g/mol. The number of halogens is 1. The van der Waals surface area contributed by atoms with Gasteiger partial charge in [-0.25, -0.2) is 14.8 Å². The Morgan fingerprint density at radius 1 is 1.39 bits per heavy atom. The summed E-state index contributed by atoms with van der Waals surface area (Å²) in [6.45, 7) is 4.95. The van der Waals surface area contributed by atoms with Crippen LogP contribution in [0.5, 0.6) is 5.75 Å². The standard InChI is InChI=1S/C13H19FN2O2/c1-10(15-16-6-8-18-9-7-16)13-11(14)4-3-5-12(13)17-2/h3-5,10,15H,6-9H2,1-2H3. The minimum atomic E-state index is -0.248. The van der Waals surface area contributed by atoms with Crippen molar-refractivity contribution >= 4 is 0 Å². The smallest absolute Gasteiger partial charge is 0.131 e. The number of nitrogens with zero attached hydrogens (tertiary/aromatic N) is 1. The van der Waals surface area contributed by atoms with Gasteiger partial charge in [0.1, 0.15) is 11.6 Å². The number of ether oxygens (including phenoxy) is 2. The molecular weight excluding hydrogens is 235 g/mol. The quantitative estimate of drug-likeness (QED) is 0.887. The first-order valence-corrected chi connectivity index (χ1v) is 6.13. The van der Waals surface area contributed by atoms with Crippen LogP contribution in [0.3, 0.4) is 0 Å². The van der Waals surface area contributed by atoms with Crippen molar-refractivity contribution in [3.63, 3.8) is 0 Å². The number of hydrogen-bond donors (Lipinski definition) is 1. The molecule has 18 heavy (non-hydrogen) atoms. The zero-order valence-corrected chi connectivity index (χ0v) is 10.8. The first-order chi connectivity index (χ1) is 8.72. The van der Waals surface area contributed by atoms with Gasteiger partial charge in [0, 0.05) is 18.7 Å². The van der Waals surface area contributed by atoms with Crippen molar-refractivity contribution in [2.75, 3.05) is 33.4 Å². The van der Waals surface area contributed by atoms with Crippen LogP contribution in [0.4, 0.5) is 4.39 Å². The van der Waals surface area contributed by atoms with Gasteiger partial charge in [0.15, 0.2) is 0 Å². The van der Waals surface area contributed by atoms with Gasteiger partial charge < -0.3 is 9.47 Å². The van der Waals surface area contributed by atoms with E-state index in [0.29, 0.717) is 24.5 Å². The van der Waals surface area contributed by atoms with E-state index in [4.69, 9.17) is 9.47 Å². The van der Waals surface area contributed by atoms with E-state index in [1.54, 1.807) is 19.2 Å². The lowest BCUT2D eigenvalue weighted by atomic mass is 10.1. The molecule has 0 aliphatic carbocycles. The summed E-state index contributed by atoms with van der Waals surface area (Å²) in [6.07, 6.45) is 0.